The van der Waals surface area contributed by atoms with Crippen LogP contribution in [0.4, 0.5) is 17.6 Å². The van der Waals surface area contributed by atoms with Gasteiger partial charge in [-0.05, 0) is 221 Å². The molecule has 0 aliphatic heterocycles. The highest BCUT2D eigenvalue weighted by Gasteiger charge is 2.34. The fourth-order valence-corrected chi connectivity index (χ4v) is 16.2. The predicted octanol–water partition coefficient (Wildman–Crippen LogP) is 20.2. The second-order valence-corrected chi connectivity index (χ2v) is 25.2. The van der Waals surface area contributed by atoms with Gasteiger partial charge in [0.25, 0.3) is 0 Å². The molecule has 6 fully saturated rings. The Morgan fingerprint density at radius 2 is 0.623 bits per heavy atom. The van der Waals surface area contributed by atoms with Crippen LogP contribution >= 0.6 is 0 Å². The van der Waals surface area contributed by atoms with E-state index < -0.39 is 23.3 Å². The molecule has 2 aromatic carbocycles. The van der Waals surface area contributed by atoms with Gasteiger partial charge in [-0.25, -0.2) is 8.78 Å². The molecule has 388 valence electrons. The summed E-state index contributed by atoms with van der Waals surface area (Å²) in [7, 11) is 0. The van der Waals surface area contributed by atoms with E-state index in [1.54, 1.807) is 12.1 Å². The van der Waals surface area contributed by atoms with Gasteiger partial charge in [-0.15, -0.1) is 0 Å². The Hall–Kier alpha value is -2.04. The summed E-state index contributed by atoms with van der Waals surface area (Å²) in [5, 5.41) is 0. The van der Waals surface area contributed by atoms with E-state index in [-0.39, 0.29) is 11.5 Å². The lowest BCUT2D eigenvalue weighted by Gasteiger charge is -2.38. The lowest BCUT2D eigenvalue weighted by Crippen LogP contribution is -2.26. The normalized spacial score (nSPS) is 32.5. The van der Waals surface area contributed by atoms with E-state index in [4.69, 9.17) is 4.74 Å². The maximum atomic E-state index is 16.8. The van der Waals surface area contributed by atoms with Crippen molar-refractivity contribution in [3.05, 3.63) is 57.7 Å². The number of benzene rings is 2. The quantitative estimate of drug-likeness (QED) is 0.120. The molecule has 0 saturated heterocycles. The first-order chi connectivity index (χ1) is 33.6. The Balaban J connectivity index is 0.967. The van der Waals surface area contributed by atoms with Crippen LogP contribution in [0.3, 0.4) is 0 Å². The zero-order valence-electron chi connectivity index (χ0n) is 44.5. The molecule has 6 aliphatic carbocycles. The second kappa shape index (κ2) is 26.3. The molecule has 5 heteroatoms. The molecule has 8 rings (SSSR count). The van der Waals surface area contributed by atoms with Crippen LogP contribution in [0.1, 0.15) is 255 Å². The van der Waals surface area contributed by atoms with Crippen LogP contribution in [0.2, 0.25) is 0 Å². The third kappa shape index (κ3) is 14.2. The van der Waals surface area contributed by atoms with Gasteiger partial charge in [-0.3, -0.25) is 0 Å². The Morgan fingerprint density at radius 1 is 0.348 bits per heavy atom. The zero-order valence-corrected chi connectivity index (χ0v) is 44.5. The van der Waals surface area contributed by atoms with Gasteiger partial charge in [-0.1, -0.05) is 143 Å². The molecule has 0 radical (unpaired) electrons. The molecular formula is C64H98F4O. The van der Waals surface area contributed by atoms with Gasteiger partial charge in [-0.2, -0.15) is 8.78 Å². The average molecular weight is 959 g/mol. The fraction of sp³-hybridized carbons (Fsp3) is 0.812. The van der Waals surface area contributed by atoms with Crippen LogP contribution in [-0.2, 0) is 25.7 Å². The van der Waals surface area contributed by atoms with Crippen molar-refractivity contribution in [1.29, 1.82) is 0 Å². The molecule has 1 nitrogen and oxygen atoms in total. The molecule has 69 heavy (non-hydrogen) atoms. The van der Waals surface area contributed by atoms with E-state index in [0.717, 1.165) is 97.0 Å². The van der Waals surface area contributed by atoms with Gasteiger partial charge < -0.3 is 4.74 Å². The minimum atomic E-state index is -1.06. The summed E-state index contributed by atoms with van der Waals surface area (Å²) in [5.74, 6) is 4.23. The highest BCUT2D eigenvalue weighted by Crippen LogP contribution is 2.46. The number of halogens is 4. The Morgan fingerprint density at radius 3 is 0.913 bits per heavy atom. The molecule has 6 aliphatic rings. The SMILES string of the molecule is CCCC1CCC(C2CCC(CCc3c(CC4CCC(CC)CC4)cc(Oc4cc(CC5CCC(CC)CC5)c(CCC5CCC(C6CCC(CCC)CC6)CC5)c(F)c4F)c(F)c3F)CC2)CC1. The van der Waals surface area contributed by atoms with Crippen molar-refractivity contribution >= 4 is 0 Å². The molecule has 0 amide bonds. The summed E-state index contributed by atoms with van der Waals surface area (Å²) in [6.07, 6.45) is 41.9. The van der Waals surface area contributed by atoms with Crippen LogP contribution < -0.4 is 4.74 Å². The van der Waals surface area contributed by atoms with E-state index in [9.17, 15) is 0 Å². The van der Waals surface area contributed by atoms with E-state index in [2.05, 4.69) is 27.7 Å². The van der Waals surface area contributed by atoms with Crippen LogP contribution in [-0.4, -0.2) is 0 Å². The van der Waals surface area contributed by atoms with E-state index >= 15 is 17.6 Å². The van der Waals surface area contributed by atoms with Crippen molar-refractivity contribution in [3.8, 4) is 11.5 Å². The fourth-order valence-electron chi connectivity index (χ4n) is 16.2. The van der Waals surface area contributed by atoms with Crippen molar-refractivity contribution in [3.63, 3.8) is 0 Å². The molecule has 0 atom stereocenters. The van der Waals surface area contributed by atoms with Gasteiger partial charge >= 0.3 is 0 Å². The van der Waals surface area contributed by atoms with E-state index in [1.165, 1.54) is 167 Å². The molecule has 0 aromatic heterocycles. The summed E-state index contributed by atoms with van der Waals surface area (Å²) in [5.41, 5.74) is 2.61. The molecule has 0 heterocycles. The van der Waals surface area contributed by atoms with Gasteiger partial charge in [0.05, 0.1) is 0 Å². The Labute approximate surface area is 419 Å². The first kappa shape index (κ1) is 53.3. The number of rotatable bonds is 20. The van der Waals surface area contributed by atoms with Crippen molar-refractivity contribution in [2.75, 3.05) is 0 Å². The van der Waals surface area contributed by atoms with Gasteiger partial charge in [0.1, 0.15) is 0 Å². The summed E-state index contributed by atoms with van der Waals surface area (Å²) in [6, 6.07) is 3.38. The van der Waals surface area contributed by atoms with Gasteiger partial charge in [0, 0.05) is 0 Å². The van der Waals surface area contributed by atoms with Gasteiger partial charge in [0.2, 0.25) is 11.6 Å². The summed E-state index contributed by atoms with van der Waals surface area (Å²) in [6.45, 7) is 9.18. The second-order valence-electron chi connectivity index (χ2n) is 25.2. The minimum absolute atomic E-state index is 0.293. The maximum absolute atomic E-state index is 16.8. The molecule has 0 spiro atoms. The number of hydrogen-bond donors (Lipinski definition) is 0. The van der Waals surface area contributed by atoms with E-state index in [1.807, 2.05) is 0 Å². The predicted molar refractivity (Wildman–Crippen MR) is 280 cm³/mol. The smallest absolute Gasteiger partial charge is 0.201 e. The molecular weight excluding hydrogens is 861 g/mol. The standard InChI is InChI=1S/C64H98F4O/c1-5-9-45-19-29-51(30-20-45)53-33-23-47(24-34-53)27-37-57-55(39-49-15-11-43(7-3)12-16-49)41-59(63(67)61(57)65)69-60-42-56(40-50-17-13-44(8-4)14-18-50)58(62(66)64(60)68)38-28-48-25-35-54(36-26-48)52-31-21-46(10-6-2)22-32-52/h41-54H,5-40H2,1-4H3. The Bertz CT molecular complexity index is 1710. The summed E-state index contributed by atoms with van der Waals surface area (Å²) in [4.78, 5) is 0. The van der Waals surface area contributed by atoms with Crippen molar-refractivity contribution in [2.24, 2.45) is 71.0 Å². The van der Waals surface area contributed by atoms with Crippen molar-refractivity contribution in [1.82, 2.24) is 0 Å². The Kier molecular flexibility index (Phi) is 20.3. The van der Waals surface area contributed by atoms with Crippen molar-refractivity contribution in [2.45, 2.75) is 259 Å². The minimum Gasteiger partial charge on any atom is -0.451 e. The summed E-state index contributed by atoms with van der Waals surface area (Å²) < 4.78 is 72.8. The van der Waals surface area contributed by atoms with Gasteiger partial charge in [0.15, 0.2) is 23.1 Å². The highest BCUT2D eigenvalue weighted by atomic mass is 19.2. The van der Waals surface area contributed by atoms with Crippen LogP contribution in [0, 0.1) is 94.3 Å². The van der Waals surface area contributed by atoms with E-state index in [0.29, 0.717) is 60.5 Å². The first-order valence-corrected chi connectivity index (χ1v) is 30.3. The topological polar surface area (TPSA) is 9.23 Å². The highest BCUT2D eigenvalue weighted by molar-refractivity contribution is 5.45. The molecule has 0 bridgehead atoms. The van der Waals surface area contributed by atoms with Crippen LogP contribution in [0.5, 0.6) is 11.5 Å². The average Bonchev–Trinajstić information content (AvgIpc) is 3.38. The van der Waals surface area contributed by atoms with Crippen LogP contribution in [0.25, 0.3) is 0 Å². The largest absolute Gasteiger partial charge is 0.451 e. The third-order valence-electron chi connectivity index (χ3n) is 21.0. The molecule has 0 N–H and O–H groups in total. The molecule has 6 saturated carbocycles. The molecule has 2 aromatic rings. The number of ether oxygens (including phenoxy) is 1. The van der Waals surface area contributed by atoms with Crippen LogP contribution in [0.15, 0.2) is 12.1 Å². The third-order valence-corrected chi connectivity index (χ3v) is 21.0. The first-order valence-electron chi connectivity index (χ1n) is 30.3. The van der Waals surface area contributed by atoms with Crippen molar-refractivity contribution < 1.29 is 22.3 Å². The monoisotopic (exact) mass is 959 g/mol. The lowest BCUT2D eigenvalue weighted by atomic mass is 9.68. The summed E-state index contributed by atoms with van der Waals surface area (Å²) >= 11 is 0. The zero-order chi connectivity index (χ0) is 48.3. The maximum Gasteiger partial charge on any atom is 0.201 e. The lowest BCUT2D eigenvalue weighted by molar-refractivity contribution is 0.141. The number of hydrogen-bond acceptors (Lipinski definition) is 1. The molecule has 0 unspecified atom stereocenters.